The average molecular weight is 596 g/mol. The third-order valence-corrected chi connectivity index (χ3v) is 6.74. The highest BCUT2D eigenvalue weighted by atomic mass is 31.0. The quantitative estimate of drug-likeness (QED) is 0.129. The fourth-order valence-electron chi connectivity index (χ4n) is 4.23. The van der Waals surface area contributed by atoms with Crippen LogP contribution in [-0.2, 0) is 20.9 Å². The van der Waals surface area contributed by atoms with Crippen LogP contribution < -0.4 is 11.1 Å². The number of nitrogens with two attached hydrogens (primary N) is 1. The van der Waals surface area contributed by atoms with Gasteiger partial charge in [-0.3, -0.25) is 14.9 Å². The van der Waals surface area contributed by atoms with Crippen molar-refractivity contribution in [2.24, 2.45) is 0 Å². The van der Waals surface area contributed by atoms with Gasteiger partial charge in [0.1, 0.15) is 36.0 Å². The van der Waals surface area contributed by atoms with Crippen molar-refractivity contribution in [2.75, 3.05) is 18.9 Å². The molecule has 1 amide bonds. The Morgan fingerprint density at radius 1 is 1.41 bits per heavy atom. The lowest BCUT2D eigenvalue weighted by atomic mass is 10.1. The van der Waals surface area contributed by atoms with Gasteiger partial charge in [0, 0.05) is 29.8 Å². The zero-order chi connectivity index (χ0) is 29.9. The van der Waals surface area contributed by atoms with E-state index in [2.05, 4.69) is 31.0 Å². The maximum absolute atomic E-state index is 12.3. The van der Waals surface area contributed by atoms with E-state index in [1.807, 2.05) is 0 Å². The number of nitro benzene ring substituents is 1. The van der Waals surface area contributed by atoms with Gasteiger partial charge >= 0.3 is 12.1 Å². The predicted molar refractivity (Wildman–Crippen MR) is 140 cm³/mol. The Labute approximate surface area is 232 Å². The summed E-state index contributed by atoms with van der Waals surface area (Å²) in [5, 5.41) is 33.4. The Hall–Kier alpha value is -3.87. The number of nitro groups is 1. The molecular weight excluding hydrogens is 572 g/mol. The number of rotatable bonds is 8. The molecule has 0 aliphatic carbocycles. The predicted octanol–water partition coefficient (Wildman–Crippen LogP) is 1.68. The summed E-state index contributed by atoms with van der Waals surface area (Å²) < 4.78 is 50.1. The topological polar surface area (TPSA) is 188 Å². The first-order chi connectivity index (χ1) is 19.4. The molecule has 3 aromatic rings. The molecule has 17 heteroatoms. The summed E-state index contributed by atoms with van der Waals surface area (Å²) in [6, 6.07) is 3.98. The minimum atomic E-state index is -5.04. The average Bonchev–Trinajstić information content (AvgIpc) is 3.49. The van der Waals surface area contributed by atoms with E-state index in [-0.39, 0.29) is 42.3 Å². The van der Waals surface area contributed by atoms with Gasteiger partial charge in [-0.25, -0.2) is 9.97 Å². The van der Waals surface area contributed by atoms with Crippen LogP contribution in [0.5, 0.6) is 0 Å². The van der Waals surface area contributed by atoms with E-state index in [0.717, 1.165) is 6.07 Å². The number of alkyl halides is 3. The molecule has 1 aromatic carbocycles. The summed E-state index contributed by atoms with van der Waals surface area (Å²) >= 11 is 0. The molecule has 218 valence electrons. The van der Waals surface area contributed by atoms with E-state index in [1.54, 1.807) is 16.1 Å². The molecule has 0 bridgehead atoms. The van der Waals surface area contributed by atoms with Crippen molar-refractivity contribution in [1.82, 2.24) is 19.9 Å². The lowest BCUT2D eigenvalue weighted by Gasteiger charge is -2.14. The summed E-state index contributed by atoms with van der Waals surface area (Å²) in [6.45, 7) is -1.04. The number of aliphatic hydroxyl groups excluding tert-OH is 2. The van der Waals surface area contributed by atoms with Crippen LogP contribution in [0.4, 0.5) is 24.7 Å². The monoisotopic (exact) mass is 596 g/mol. The number of fused-ring (bicyclic) bond motifs is 1. The largest absolute Gasteiger partial charge is 0.471 e. The standard InChI is InChI=1S/C24H24F3N6O7P/c25-24(26,27)23(36)29-5-1-2-12-3-4-14(15(6-12)33(37)38)22(41)39-10-13-8-32(18-7-16(35)17(9-34)40-18)21-19(13)20(28)30-11-31-21/h3-4,6,8,11,16-18,22,34-35H,5,7,9-10,41H2,(H,29,36)(H2,28,30,31)/t16?,17-,18-,22-/m1/s1. The number of nitrogen functional groups attached to an aromatic ring is 1. The van der Waals surface area contributed by atoms with Gasteiger partial charge in [-0.15, -0.1) is 9.24 Å². The summed E-state index contributed by atoms with van der Waals surface area (Å²) in [5.41, 5.74) is 7.03. The second-order valence-corrected chi connectivity index (χ2v) is 9.48. The van der Waals surface area contributed by atoms with E-state index < -0.39 is 47.8 Å². The first kappa shape index (κ1) is 30.1. The Balaban J connectivity index is 1.51. The van der Waals surface area contributed by atoms with Gasteiger partial charge in [0.2, 0.25) is 0 Å². The Kier molecular flexibility index (Phi) is 9.05. The van der Waals surface area contributed by atoms with Crippen molar-refractivity contribution >= 4 is 37.7 Å². The maximum Gasteiger partial charge on any atom is 0.471 e. The third kappa shape index (κ3) is 6.72. The molecule has 1 saturated heterocycles. The summed E-state index contributed by atoms with van der Waals surface area (Å²) in [5.74, 6) is 1.93. The number of nitrogens with zero attached hydrogens (tertiary/aromatic N) is 4. The van der Waals surface area contributed by atoms with Crippen molar-refractivity contribution < 1.29 is 42.6 Å². The Morgan fingerprint density at radius 3 is 2.83 bits per heavy atom. The Bertz CT molecular complexity index is 1520. The second-order valence-electron chi connectivity index (χ2n) is 8.88. The zero-order valence-electron chi connectivity index (χ0n) is 21.0. The van der Waals surface area contributed by atoms with Gasteiger partial charge in [-0.05, 0) is 12.1 Å². The van der Waals surface area contributed by atoms with Crippen LogP contribution in [0.1, 0.15) is 35.2 Å². The molecule has 5 N–H and O–H groups in total. The van der Waals surface area contributed by atoms with Gasteiger partial charge in [-0.1, -0.05) is 11.8 Å². The molecule has 2 aromatic heterocycles. The highest BCUT2D eigenvalue weighted by Crippen LogP contribution is 2.37. The number of ether oxygens (including phenoxy) is 2. The van der Waals surface area contributed by atoms with Gasteiger partial charge in [0.15, 0.2) is 0 Å². The van der Waals surface area contributed by atoms with Gasteiger partial charge in [0.05, 0.1) is 41.7 Å². The van der Waals surface area contributed by atoms with E-state index in [0.29, 0.717) is 16.6 Å². The van der Waals surface area contributed by atoms with Gasteiger partial charge < -0.3 is 35.3 Å². The van der Waals surface area contributed by atoms with E-state index in [1.165, 1.54) is 18.5 Å². The van der Waals surface area contributed by atoms with E-state index in [4.69, 9.17) is 15.2 Å². The first-order valence-electron chi connectivity index (χ1n) is 11.9. The minimum absolute atomic E-state index is 0.0778. The van der Waals surface area contributed by atoms with Crippen molar-refractivity contribution in [3.63, 3.8) is 0 Å². The summed E-state index contributed by atoms with van der Waals surface area (Å²) in [4.78, 5) is 30.2. The number of aliphatic hydroxyl groups is 2. The molecule has 1 aliphatic rings. The number of anilines is 1. The van der Waals surface area contributed by atoms with Crippen LogP contribution in [0.3, 0.4) is 0 Å². The number of aromatic nitrogens is 3. The fourth-order valence-corrected chi connectivity index (χ4v) is 4.60. The minimum Gasteiger partial charge on any atom is -0.394 e. The molecule has 41 heavy (non-hydrogen) atoms. The van der Waals surface area contributed by atoms with Crippen LogP contribution in [0, 0.1) is 22.0 Å². The number of hydrogen-bond acceptors (Lipinski definition) is 10. The van der Waals surface area contributed by atoms with Crippen LogP contribution in [-0.4, -0.2) is 67.1 Å². The number of carbonyl (C=O) groups is 1. The number of halogens is 3. The molecule has 1 fully saturated rings. The van der Waals surface area contributed by atoms with E-state index in [9.17, 15) is 38.3 Å². The Morgan fingerprint density at radius 2 is 2.17 bits per heavy atom. The molecule has 4 rings (SSSR count). The highest BCUT2D eigenvalue weighted by Gasteiger charge is 2.38. The van der Waals surface area contributed by atoms with Crippen molar-refractivity contribution in [1.29, 1.82) is 0 Å². The maximum atomic E-state index is 12.3. The van der Waals surface area contributed by atoms with Crippen LogP contribution >= 0.6 is 9.24 Å². The number of carbonyl (C=O) groups excluding carboxylic acids is 1. The highest BCUT2D eigenvalue weighted by molar-refractivity contribution is 7.16. The molecule has 3 heterocycles. The molecule has 2 unspecified atom stereocenters. The third-order valence-electron chi connectivity index (χ3n) is 6.19. The van der Waals surface area contributed by atoms with Gasteiger partial charge in [0.25, 0.3) is 5.69 Å². The van der Waals surface area contributed by atoms with Crippen LogP contribution in [0.25, 0.3) is 11.0 Å². The molecule has 1 aliphatic heterocycles. The van der Waals surface area contributed by atoms with Gasteiger partial charge in [-0.2, -0.15) is 13.2 Å². The van der Waals surface area contributed by atoms with Crippen LogP contribution in [0.15, 0.2) is 30.7 Å². The normalized spacial score (nSPS) is 19.5. The summed E-state index contributed by atoms with van der Waals surface area (Å²) in [6.07, 6.45) is -4.21. The lowest BCUT2D eigenvalue weighted by molar-refractivity contribution is -0.386. The smallest absolute Gasteiger partial charge is 0.394 e. The number of benzene rings is 1. The lowest BCUT2D eigenvalue weighted by Crippen LogP contribution is -2.36. The molecule has 13 nitrogen and oxygen atoms in total. The second kappa shape index (κ2) is 12.3. The van der Waals surface area contributed by atoms with Crippen molar-refractivity contribution in [3.05, 3.63) is 57.5 Å². The van der Waals surface area contributed by atoms with Crippen LogP contribution in [0.2, 0.25) is 0 Å². The summed E-state index contributed by atoms with van der Waals surface area (Å²) in [7, 11) is 2.35. The molecule has 5 atom stereocenters. The molecule has 0 spiro atoms. The fraction of sp³-hybridized carbons (Fsp3) is 0.375. The SMILES string of the molecule is Nc1ncnc2c1c(CO[C@H](P)c1ccc(C#CCNC(=O)C(F)(F)F)cc1[N+](=O)[O-])cn2[C@H]1CC(O)[C@@H](CO)O1. The number of amides is 1. The zero-order valence-corrected chi connectivity index (χ0v) is 22.2. The van der Waals surface area contributed by atoms with Crippen molar-refractivity contribution in [2.45, 2.75) is 43.5 Å². The first-order valence-corrected chi connectivity index (χ1v) is 12.6. The molecule has 0 radical (unpaired) electrons. The number of hydrogen-bond donors (Lipinski definition) is 4. The number of nitrogens with one attached hydrogen (secondary N) is 1. The molecule has 0 saturated carbocycles. The molecular formula is C24H24F3N6O7P. The van der Waals surface area contributed by atoms with Crippen molar-refractivity contribution in [3.8, 4) is 11.8 Å². The van der Waals surface area contributed by atoms with E-state index >= 15 is 0 Å².